The van der Waals surface area contributed by atoms with Crippen LogP contribution in [-0.4, -0.2) is 35.2 Å². The minimum Gasteiger partial charge on any atom is -0.496 e. The van der Waals surface area contributed by atoms with Crippen molar-refractivity contribution in [2.24, 2.45) is 0 Å². The van der Waals surface area contributed by atoms with Crippen molar-refractivity contribution in [1.82, 2.24) is 0 Å². The van der Waals surface area contributed by atoms with E-state index in [1.165, 1.54) is 26.2 Å². The molecule has 18 heavy (non-hydrogen) atoms. The van der Waals surface area contributed by atoms with Crippen molar-refractivity contribution in [3.63, 3.8) is 0 Å². The number of methoxy groups -OCH3 is 1. The Bertz CT molecular complexity index is 477. The van der Waals surface area contributed by atoms with Gasteiger partial charge in [-0.3, -0.25) is 4.79 Å². The van der Waals surface area contributed by atoms with Crippen LogP contribution in [0.4, 0.5) is 0 Å². The molecule has 1 aromatic carbocycles. The molecule has 98 valence electrons. The van der Waals surface area contributed by atoms with Crippen molar-refractivity contribution in [3.05, 3.63) is 28.8 Å². The number of benzene rings is 1. The van der Waals surface area contributed by atoms with Crippen molar-refractivity contribution < 1.29 is 24.5 Å². The standard InChI is InChI=1S/C13H16O5/c1-7-4-9(13(16)17)6-11(18-3)12(7)10(15)5-8(2)14/h4,6,8,14H,5H2,1-3H3,(H,16,17). The molecule has 0 radical (unpaired) electrons. The van der Waals surface area contributed by atoms with Gasteiger partial charge in [0.25, 0.3) is 0 Å². The normalized spacial score (nSPS) is 12.0. The Morgan fingerprint density at radius 3 is 2.44 bits per heavy atom. The summed E-state index contributed by atoms with van der Waals surface area (Å²) in [7, 11) is 1.37. The van der Waals surface area contributed by atoms with Crippen molar-refractivity contribution >= 4 is 11.8 Å². The summed E-state index contributed by atoms with van der Waals surface area (Å²) in [6, 6.07) is 2.73. The first-order valence-corrected chi connectivity index (χ1v) is 5.50. The van der Waals surface area contributed by atoms with Gasteiger partial charge in [-0.1, -0.05) is 0 Å². The Hall–Kier alpha value is -1.88. The van der Waals surface area contributed by atoms with Gasteiger partial charge in [0, 0.05) is 6.42 Å². The van der Waals surface area contributed by atoms with Crippen LogP contribution >= 0.6 is 0 Å². The SMILES string of the molecule is COc1cc(C(=O)O)cc(C)c1C(=O)CC(C)O. The maximum Gasteiger partial charge on any atom is 0.335 e. The van der Waals surface area contributed by atoms with Gasteiger partial charge in [-0.2, -0.15) is 0 Å². The fourth-order valence-corrected chi connectivity index (χ4v) is 1.77. The molecule has 0 aliphatic heterocycles. The van der Waals surface area contributed by atoms with Gasteiger partial charge in [0.2, 0.25) is 0 Å². The zero-order valence-electron chi connectivity index (χ0n) is 10.6. The minimum atomic E-state index is -1.08. The monoisotopic (exact) mass is 252 g/mol. The van der Waals surface area contributed by atoms with Crippen LogP contribution in [0, 0.1) is 6.92 Å². The number of ether oxygens (including phenoxy) is 1. The summed E-state index contributed by atoms with van der Waals surface area (Å²) in [5, 5.41) is 18.1. The molecule has 0 amide bonds. The van der Waals surface area contributed by atoms with E-state index in [4.69, 9.17) is 9.84 Å². The van der Waals surface area contributed by atoms with Gasteiger partial charge in [0.1, 0.15) is 5.75 Å². The zero-order valence-corrected chi connectivity index (χ0v) is 10.6. The fraction of sp³-hybridized carbons (Fsp3) is 0.385. The lowest BCUT2D eigenvalue weighted by molar-refractivity contribution is 0.0695. The number of carboxylic acids is 1. The van der Waals surface area contributed by atoms with E-state index < -0.39 is 12.1 Å². The highest BCUT2D eigenvalue weighted by Crippen LogP contribution is 2.26. The number of rotatable bonds is 5. The summed E-state index contributed by atoms with van der Waals surface area (Å²) < 4.78 is 5.05. The van der Waals surface area contributed by atoms with Gasteiger partial charge in [0.15, 0.2) is 5.78 Å². The van der Waals surface area contributed by atoms with Gasteiger partial charge < -0.3 is 14.9 Å². The maximum atomic E-state index is 11.9. The van der Waals surface area contributed by atoms with E-state index >= 15 is 0 Å². The molecule has 0 aromatic heterocycles. The Morgan fingerprint density at radius 2 is 2.00 bits per heavy atom. The summed E-state index contributed by atoms with van der Waals surface area (Å²) in [4.78, 5) is 22.8. The molecule has 0 heterocycles. The summed E-state index contributed by atoms with van der Waals surface area (Å²) >= 11 is 0. The van der Waals surface area contributed by atoms with Crippen LogP contribution in [0.5, 0.6) is 5.75 Å². The van der Waals surface area contributed by atoms with Gasteiger partial charge >= 0.3 is 5.97 Å². The molecule has 5 nitrogen and oxygen atoms in total. The highest BCUT2D eigenvalue weighted by molar-refractivity contribution is 6.01. The van der Waals surface area contributed by atoms with E-state index in [9.17, 15) is 14.7 Å². The predicted molar refractivity (Wildman–Crippen MR) is 65.3 cm³/mol. The van der Waals surface area contributed by atoms with Crippen molar-refractivity contribution in [1.29, 1.82) is 0 Å². The number of Topliss-reactive ketones (excluding diaryl/α,β-unsaturated/α-hetero) is 1. The number of aliphatic hydroxyl groups excluding tert-OH is 1. The molecule has 0 spiro atoms. The average molecular weight is 252 g/mol. The molecular weight excluding hydrogens is 236 g/mol. The number of ketones is 1. The molecule has 2 N–H and O–H groups in total. The molecule has 1 unspecified atom stereocenters. The van der Waals surface area contributed by atoms with Gasteiger partial charge in [-0.05, 0) is 31.5 Å². The first-order chi connectivity index (χ1) is 8.36. The summed E-state index contributed by atoms with van der Waals surface area (Å²) in [5.74, 6) is -1.12. The number of carbonyl (C=O) groups is 2. The van der Waals surface area contributed by atoms with Crippen LogP contribution in [0.25, 0.3) is 0 Å². The van der Waals surface area contributed by atoms with E-state index in [2.05, 4.69) is 0 Å². The number of carboxylic acid groups (broad SMARTS) is 1. The highest BCUT2D eigenvalue weighted by atomic mass is 16.5. The quantitative estimate of drug-likeness (QED) is 0.778. The van der Waals surface area contributed by atoms with Crippen LogP contribution < -0.4 is 4.74 Å². The number of aliphatic hydroxyl groups is 1. The second-order valence-corrected chi connectivity index (χ2v) is 4.15. The van der Waals surface area contributed by atoms with Gasteiger partial charge in [-0.15, -0.1) is 0 Å². The second-order valence-electron chi connectivity index (χ2n) is 4.15. The van der Waals surface area contributed by atoms with Gasteiger partial charge in [0.05, 0.1) is 24.3 Å². The average Bonchev–Trinajstić information content (AvgIpc) is 2.26. The van der Waals surface area contributed by atoms with Crippen LogP contribution in [0.3, 0.4) is 0 Å². The van der Waals surface area contributed by atoms with E-state index in [0.717, 1.165) is 0 Å². The van der Waals surface area contributed by atoms with Crippen molar-refractivity contribution in [2.45, 2.75) is 26.4 Å². The van der Waals surface area contributed by atoms with E-state index in [-0.39, 0.29) is 23.5 Å². The van der Waals surface area contributed by atoms with E-state index in [0.29, 0.717) is 11.1 Å². The first kappa shape index (κ1) is 14.2. The summed E-state index contributed by atoms with van der Waals surface area (Å²) in [6.45, 7) is 3.16. The third-order valence-electron chi connectivity index (χ3n) is 2.53. The largest absolute Gasteiger partial charge is 0.496 e. The number of hydrogen-bond acceptors (Lipinski definition) is 4. The molecule has 1 atom stereocenters. The first-order valence-electron chi connectivity index (χ1n) is 5.50. The summed E-state index contributed by atoms with van der Waals surface area (Å²) in [5.41, 5.74) is 0.916. The maximum absolute atomic E-state index is 11.9. The Labute approximate surface area is 105 Å². The van der Waals surface area contributed by atoms with E-state index in [1.54, 1.807) is 6.92 Å². The Morgan fingerprint density at radius 1 is 1.39 bits per heavy atom. The molecule has 0 fully saturated rings. The number of aryl methyl sites for hydroxylation is 1. The fourth-order valence-electron chi connectivity index (χ4n) is 1.77. The zero-order chi connectivity index (χ0) is 13.9. The van der Waals surface area contributed by atoms with Crippen molar-refractivity contribution in [2.75, 3.05) is 7.11 Å². The van der Waals surface area contributed by atoms with Crippen LogP contribution in [0.15, 0.2) is 12.1 Å². The predicted octanol–water partition coefficient (Wildman–Crippen LogP) is 1.66. The molecule has 5 heteroatoms. The number of hydrogen-bond donors (Lipinski definition) is 2. The Kier molecular flexibility index (Phi) is 4.44. The van der Waals surface area contributed by atoms with Crippen LogP contribution in [-0.2, 0) is 0 Å². The molecule has 1 rings (SSSR count). The Balaban J connectivity index is 3.27. The lowest BCUT2D eigenvalue weighted by atomic mass is 9.97. The topological polar surface area (TPSA) is 83.8 Å². The molecule has 0 aliphatic rings. The van der Waals surface area contributed by atoms with E-state index in [1.807, 2.05) is 0 Å². The number of carbonyl (C=O) groups excluding carboxylic acids is 1. The molecular formula is C13H16O5. The highest BCUT2D eigenvalue weighted by Gasteiger charge is 2.19. The molecule has 0 aliphatic carbocycles. The van der Waals surface area contributed by atoms with Crippen LogP contribution in [0.1, 0.15) is 39.6 Å². The second kappa shape index (κ2) is 5.64. The lowest BCUT2D eigenvalue weighted by Crippen LogP contribution is -2.13. The van der Waals surface area contributed by atoms with Crippen molar-refractivity contribution in [3.8, 4) is 5.75 Å². The van der Waals surface area contributed by atoms with Gasteiger partial charge in [-0.25, -0.2) is 4.79 Å². The molecule has 0 bridgehead atoms. The van der Waals surface area contributed by atoms with Crippen LogP contribution in [0.2, 0.25) is 0 Å². The molecule has 1 aromatic rings. The molecule has 0 saturated carbocycles. The smallest absolute Gasteiger partial charge is 0.335 e. The summed E-state index contributed by atoms with van der Waals surface area (Å²) in [6.07, 6.45) is -0.773. The number of aromatic carboxylic acids is 1. The third-order valence-corrected chi connectivity index (χ3v) is 2.53. The lowest BCUT2D eigenvalue weighted by Gasteiger charge is -2.12. The minimum absolute atomic E-state index is 0.0242. The third kappa shape index (κ3) is 3.07. The molecule has 0 saturated heterocycles.